The van der Waals surface area contributed by atoms with Crippen LogP contribution in [0.2, 0.25) is 5.04 Å². The molecule has 258 valence electrons. The molecular formula is C35H39F3N6O4Si. The van der Waals surface area contributed by atoms with Crippen molar-refractivity contribution in [2.75, 3.05) is 27.2 Å². The maximum Gasteiger partial charge on any atom is 0.471 e. The summed E-state index contributed by atoms with van der Waals surface area (Å²) in [5, 5.41) is 15.4. The van der Waals surface area contributed by atoms with Crippen LogP contribution in [0.25, 0.3) is 11.0 Å². The number of aliphatic imine (C=N–C) groups is 1. The van der Waals surface area contributed by atoms with Crippen LogP contribution in [-0.4, -0.2) is 90.7 Å². The quantitative estimate of drug-likeness (QED) is 0.118. The maximum absolute atomic E-state index is 12.7. The van der Waals surface area contributed by atoms with Gasteiger partial charge in [0, 0.05) is 26.7 Å². The third kappa shape index (κ3) is 7.70. The Morgan fingerprint density at radius 1 is 1.12 bits per heavy atom. The van der Waals surface area contributed by atoms with Crippen molar-refractivity contribution in [1.29, 1.82) is 0 Å². The highest BCUT2D eigenvalue weighted by molar-refractivity contribution is 6.99. The average Bonchev–Trinajstić information content (AvgIpc) is 3.62. The van der Waals surface area contributed by atoms with E-state index >= 15 is 0 Å². The third-order valence-electron chi connectivity index (χ3n) is 8.21. The van der Waals surface area contributed by atoms with E-state index in [1.165, 1.54) is 6.33 Å². The van der Waals surface area contributed by atoms with E-state index in [-0.39, 0.29) is 23.9 Å². The van der Waals surface area contributed by atoms with Gasteiger partial charge in [-0.15, -0.1) is 0 Å². The van der Waals surface area contributed by atoms with Gasteiger partial charge in [-0.25, -0.2) is 15.0 Å². The monoisotopic (exact) mass is 692 g/mol. The first kappa shape index (κ1) is 35.7. The van der Waals surface area contributed by atoms with E-state index in [0.29, 0.717) is 16.6 Å². The fourth-order valence-electron chi connectivity index (χ4n) is 6.02. The average molecular weight is 693 g/mol. The van der Waals surface area contributed by atoms with Gasteiger partial charge in [-0.1, -0.05) is 93.3 Å². The number of benzene rings is 2. The van der Waals surface area contributed by atoms with Crippen LogP contribution in [0.1, 0.15) is 39.0 Å². The molecule has 0 spiro atoms. The topological polar surface area (TPSA) is 114 Å². The summed E-state index contributed by atoms with van der Waals surface area (Å²) in [4.78, 5) is 26.2. The molecule has 3 atom stereocenters. The van der Waals surface area contributed by atoms with Crippen LogP contribution < -0.4 is 15.7 Å². The molecule has 14 heteroatoms. The van der Waals surface area contributed by atoms with Crippen LogP contribution in [0, 0.1) is 11.8 Å². The SMILES string of the molecule is CN(C)/C=N/c1ncnc2c1c(C#CCNC(=O)C(F)(F)F)cn2[C@H]1CC(O)[C@@H](CO[Si](c2ccccc2)(c2ccccc2)C(C)(C)C)O1. The van der Waals surface area contributed by atoms with Crippen molar-refractivity contribution in [3.8, 4) is 11.8 Å². The Hall–Kier alpha value is -4.55. The number of aliphatic hydroxyl groups excluding tert-OH is 1. The van der Waals surface area contributed by atoms with Crippen molar-refractivity contribution in [3.05, 3.63) is 78.8 Å². The number of carbonyl (C=O) groups excluding carboxylic acids is 1. The molecule has 2 aromatic heterocycles. The van der Waals surface area contributed by atoms with Crippen molar-refractivity contribution in [2.24, 2.45) is 4.99 Å². The molecular weight excluding hydrogens is 654 g/mol. The van der Waals surface area contributed by atoms with Gasteiger partial charge in [0.05, 0.1) is 36.5 Å². The first-order valence-corrected chi connectivity index (χ1v) is 17.6. The summed E-state index contributed by atoms with van der Waals surface area (Å²) >= 11 is 0. The largest absolute Gasteiger partial charge is 0.471 e. The van der Waals surface area contributed by atoms with Crippen LogP contribution in [0.4, 0.5) is 19.0 Å². The number of rotatable bonds is 9. The van der Waals surface area contributed by atoms with E-state index in [2.05, 4.69) is 71.8 Å². The highest BCUT2D eigenvalue weighted by Crippen LogP contribution is 2.39. The molecule has 2 aromatic carbocycles. The van der Waals surface area contributed by atoms with Crippen molar-refractivity contribution in [1.82, 2.24) is 24.8 Å². The molecule has 1 saturated heterocycles. The van der Waals surface area contributed by atoms with Crippen molar-refractivity contribution in [2.45, 2.75) is 56.8 Å². The summed E-state index contributed by atoms with van der Waals surface area (Å²) in [6.07, 6.45) is -2.48. The van der Waals surface area contributed by atoms with Gasteiger partial charge in [0.15, 0.2) is 5.82 Å². The number of amides is 1. The standard InChI is InChI=1S/C35H39F3N6O4Si/c1-34(2,3)49(25-14-8-6-9-15-25,26-16-10-7-11-17-26)47-21-28-27(45)19-29(48-28)44-20-24(13-12-18-39-33(46)35(36,37)38)30-31(42-23-43(4)5)40-22-41-32(30)44/h6-11,14-17,20,22-23,27-29,45H,18-19,21H2,1-5H3,(H,39,46)/b42-23+/t27?,28-,29-/m1/s1. The zero-order valence-electron chi connectivity index (χ0n) is 27.9. The number of hydrogen-bond acceptors (Lipinski definition) is 7. The number of fused-ring (bicyclic) bond motifs is 1. The Bertz CT molecular complexity index is 1810. The molecule has 4 aromatic rings. The number of aliphatic hydroxyl groups is 1. The van der Waals surface area contributed by atoms with Gasteiger partial charge in [0.25, 0.3) is 8.32 Å². The van der Waals surface area contributed by atoms with Gasteiger partial charge in [-0.05, 0) is 15.4 Å². The highest BCUT2D eigenvalue weighted by Gasteiger charge is 2.51. The molecule has 0 bridgehead atoms. The zero-order valence-corrected chi connectivity index (χ0v) is 28.9. The van der Waals surface area contributed by atoms with Crippen molar-refractivity contribution < 1.29 is 32.2 Å². The Morgan fingerprint density at radius 3 is 2.33 bits per heavy atom. The van der Waals surface area contributed by atoms with Crippen LogP contribution >= 0.6 is 0 Å². The molecule has 49 heavy (non-hydrogen) atoms. The number of hydrogen-bond donors (Lipinski definition) is 2. The molecule has 10 nitrogen and oxygen atoms in total. The lowest BCUT2D eigenvalue weighted by Gasteiger charge is -2.43. The predicted molar refractivity (Wildman–Crippen MR) is 183 cm³/mol. The molecule has 1 unspecified atom stereocenters. The fraction of sp³-hybridized carbons (Fsp3) is 0.371. The lowest BCUT2D eigenvalue weighted by atomic mass is 10.2. The highest BCUT2D eigenvalue weighted by atomic mass is 28.4. The maximum atomic E-state index is 12.7. The number of aromatic nitrogens is 3. The molecule has 1 amide bonds. The molecule has 5 rings (SSSR count). The normalized spacial score (nSPS) is 18.4. The van der Waals surface area contributed by atoms with E-state index in [0.717, 1.165) is 10.4 Å². The van der Waals surface area contributed by atoms with E-state index < -0.39 is 45.4 Å². The summed E-state index contributed by atoms with van der Waals surface area (Å²) in [6.45, 7) is 6.12. The lowest BCUT2D eigenvalue weighted by Crippen LogP contribution is -2.67. The fourth-order valence-corrected chi connectivity index (χ4v) is 10.6. The summed E-state index contributed by atoms with van der Waals surface area (Å²) < 4.78 is 53.2. The Balaban J connectivity index is 1.46. The number of nitrogens with one attached hydrogen (secondary N) is 1. The van der Waals surface area contributed by atoms with E-state index in [1.807, 2.05) is 36.4 Å². The minimum absolute atomic E-state index is 0.128. The van der Waals surface area contributed by atoms with Crippen molar-refractivity contribution >= 4 is 47.8 Å². The summed E-state index contributed by atoms with van der Waals surface area (Å²) in [7, 11) is 0.674. The minimum Gasteiger partial charge on any atom is -0.405 e. The second kappa shape index (κ2) is 14.5. The molecule has 3 heterocycles. The first-order valence-electron chi connectivity index (χ1n) is 15.7. The van der Waals surface area contributed by atoms with Gasteiger partial charge >= 0.3 is 12.1 Å². The lowest BCUT2D eigenvalue weighted by molar-refractivity contribution is -0.173. The number of ether oxygens (including phenoxy) is 1. The Labute approximate surface area is 284 Å². The molecule has 1 aliphatic heterocycles. The first-order chi connectivity index (χ1) is 23.2. The second-order valence-electron chi connectivity index (χ2n) is 12.9. The summed E-state index contributed by atoms with van der Waals surface area (Å²) in [5.41, 5.74) is 0.781. The summed E-state index contributed by atoms with van der Waals surface area (Å²) in [6, 6.07) is 20.4. The van der Waals surface area contributed by atoms with Gasteiger partial charge in [-0.2, -0.15) is 13.2 Å². The van der Waals surface area contributed by atoms with Gasteiger partial charge in [-0.3, -0.25) is 4.79 Å². The van der Waals surface area contributed by atoms with Crippen LogP contribution in [0.5, 0.6) is 0 Å². The van der Waals surface area contributed by atoms with Crippen LogP contribution in [-0.2, 0) is 14.0 Å². The molecule has 2 N–H and O–H groups in total. The molecule has 0 radical (unpaired) electrons. The molecule has 1 fully saturated rings. The van der Waals surface area contributed by atoms with Crippen molar-refractivity contribution in [3.63, 3.8) is 0 Å². The molecule has 0 saturated carbocycles. The van der Waals surface area contributed by atoms with E-state index in [1.54, 1.807) is 41.4 Å². The number of nitrogens with zero attached hydrogens (tertiary/aromatic N) is 5. The minimum atomic E-state index is -5.02. The number of alkyl halides is 3. The van der Waals surface area contributed by atoms with Gasteiger partial charge in [0.2, 0.25) is 0 Å². The number of halogens is 3. The van der Waals surface area contributed by atoms with Gasteiger partial charge in [0.1, 0.15) is 24.3 Å². The van der Waals surface area contributed by atoms with Gasteiger partial charge < -0.3 is 29.1 Å². The molecule has 0 aliphatic carbocycles. The Kier molecular flexibility index (Phi) is 10.6. The Morgan fingerprint density at radius 2 is 1.76 bits per heavy atom. The van der Waals surface area contributed by atoms with E-state index in [4.69, 9.17) is 9.16 Å². The van der Waals surface area contributed by atoms with Crippen LogP contribution in [0.15, 0.2) is 78.2 Å². The van der Waals surface area contributed by atoms with E-state index in [9.17, 15) is 23.1 Å². The second-order valence-corrected chi connectivity index (χ2v) is 17.2. The smallest absolute Gasteiger partial charge is 0.405 e. The van der Waals surface area contributed by atoms with Crippen LogP contribution in [0.3, 0.4) is 0 Å². The number of carbonyl (C=O) groups is 1. The third-order valence-corrected chi connectivity index (χ3v) is 13.2. The predicted octanol–water partition coefficient (Wildman–Crippen LogP) is 3.91. The molecule has 1 aliphatic rings. The summed E-state index contributed by atoms with van der Waals surface area (Å²) in [5.74, 6) is 3.61. The zero-order chi connectivity index (χ0) is 35.4.